The first kappa shape index (κ1) is 15.4. The third kappa shape index (κ3) is 3.76. The van der Waals surface area contributed by atoms with E-state index in [1.165, 1.54) is 6.07 Å². The summed E-state index contributed by atoms with van der Waals surface area (Å²) in [7, 11) is 0. The Labute approximate surface area is 119 Å². The SMILES string of the molecule is CCNC(CC1CC(OCC)C1)c1ccc(F)cc1F. The molecule has 1 fully saturated rings. The Morgan fingerprint density at radius 1 is 1.30 bits per heavy atom. The summed E-state index contributed by atoms with van der Waals surface area (Å²) in [6.07, 6.45) is 3.32. The highest BCUT2D eigenvalue weighted by molar-refractivity contribution is 5.22. The topological polar surface area (TPSA) is 21.3 Å². The van der Waals surface area contributed by atoms with Crippen LogP contribution in [0.25, 0.3) is 0 Å². The van der Waals surface area contributed by atoms with E-state index in [1.54, 1.807) is 6.07 Å². The molecule has 4 heteroatoms. The molecule has 1 aromatic rings. The number of hydrogen-bond donors (Lipinski definition) is 1. The molecule has 0 amide bonds. The fourth-order valence-corrected chi connectivity index (χ4v) is 2.92. The predicted molar refractivity (Wildman–Crippen MR) is 75.5 cm³/mol. The summed E-state index contributed by atoms with van der Waals surface area (Å²) in [4.78, 5) is 0. The van der Waals surface area contributed by atoms with Crippen molar-refractivity contribution in [2.24, 2.45) is 5.92 Å². The van der Waals surface area contributed by atoms with Gasteiger partial charge in [0.15, 0.2) is 0 Å². The molecule has 0 spiro atoms. The molecule has 0 saturated heterocycles. The summed E-state index contributed by atoms with van der Waals surface area (Å²) in [6.45, 7) is 5.52. The third-order valence-electron chi connectivity index (χ3n) is 3.95. The van der Waals surface area contributed by atoms with E-state index in [9.17, 15) is 8.78 Å². The first-order valence-corrected chi connectivity index (χ1v) is 7.43. The number of hydrogen-bond acceptors (Lipinski definition) is 2. The Balaban J connectivity index is 1.97. The Bertz CT molecular complexity index is 432. The highest BCUT2D eigenvalue weighted by Crippen LogP contribution is 2.37. The lowest BCUT2D eigenvalue weighted by molar-refractivity contribution is -0.0291. The average molecular weight is 283 g/mol. The van der Waals surface area contributed by atoms with Crippen molar-refractivity contribution in [3.8, 4) is 0 Å². The number of ether oxygens (including phenoxy) is 1. The second-order valence-electron chi connectivity index (χ2n) is 5.43. The van der Waals surface area contributed by atoms with Crippen molar-refractivity contribution in [3.63, 3.8) is 0 Å². The van der Waals surface area contributed by atoms with Crippen LogP contribution in [0.5, 0.6) is 0 Å². The smallest absolute Gasteiger partial charge is 0.130 e. The Hall–Kier alpha value is -1.00. The van der Waals surface area contributed by atoms with E-state index in [0.717, 1.165) is 38.5 Å². The number of rotatable bonds is 7. The van der Waals surface area contributed by atoms with Crippen LogP contribution in [0.4, 0.5) is 8.78 Å². The van der Waals surface area contributed by atoms with Crippen molar-refractivity contribution in [2.75, 3.05) is 13.2 Å². The average Bonchev–Trinajstić information content (AvgIpc) is 2.35. The first-order chi connectivity index (χ1) is 9.63. The van der Waals surface area contributed by atoms with Gasteiger partial charge in [0.1, 0.15) is 11.6 Å². The van der Waals surface area contributed by atoms with Gasteiger partial charge in [-0.05, 0) is 44.7 Å². The first-order valence-electron chi connectivity index (χ1n) is 7.43. The molecule has 2 rings (SSSR count). The van der Waals surface area contributed by atoms with Gasteiger partial charge in [-0.15, -0.1) is 0 Å². The Morgan fingerprint density at radius 3 is 2.65 bits per heavy atom. The molecule has 1 aromatic carbocycles. The maximum absolute atomic E-state index is 13.9. The van der Waals surface area contributed by atoms with Crippen LogP contribution < -0.4 is 5.32 Å². The van der Waals surface area contributed by atoms with Crippen molar-refractivity contribution >= 4 is 0 Å². The molecule has 1 N–H and O–H groups in total. The number of benzene rings is 1. The minimum Gasteiger partial charge on any atom is -0.378 e. The van der Waals surface area contributed by atoms with Crippen LogP contribution in [0.3, 0.4) is 0 Å². The highest BCUT2D eigenvalue weighted by Gasteiger charge is 2.32. The van der Waals surface area contributed by atoms with Gasteiger partial charge in [0, 0.05) is 24.3 Å². The maximum atomic E-state index is 13.9. The van der Waals surface area contributed by atoms with Gasteiger partial charge >= 0.3 is 0 Å². The molecule has 1 saturated carbocycles. The van der Waals surface area contributed by atoms with E-state index >= 15 is 0 Å². The van der Waals surface area contributed by atoms with E-state index in [1.807, 2.05) is 13.8 Å². The number of nitrogens with one attached hydrogen (secondary N) is 1. The summed E-state index contributed by atoms with van der Waals surface area (Å²) >= 11 is 0. The van der Waals surface area contributed by atoms with Gasteiger partial charge in [-0.25, -0.2) is 8.78 Å². The minimum absolute atomic E-state index is 0.0480. The molecule has 2 nitrogen and oxygen atoms in total. The second kappa shape index (κ2) is 7.14. The molecule has 1 aliphatic rings. The van der Waals surface area contributed by atoms with Gasteiger partial charge in [0.2, 0.25) is 0 Å². The Morgan fingerprint density at radius 2 is 2.05 bits per heavy atom. The van der Waals surface area contributed by atoms with Crippen LogP contribution in [-0.2, 0) is 4.74 Å². The molecular weight excluding hydrogens is 260 g/mol. The van der Waals surface area contributed by atoms with Crippen LogP contribution >= 0.6 is 0 Å². The van der Waals surface area contributed by atoms with Crippen molar-refractivity contribution in [2.45, 2.75) is 45.3 Å². The van der Waals surface area contributed by atoms with E-state index in [0.29, 0.717) is 17.6 Å². The van der Waals surface area contributed by atoms with E-state index in [-0.39, 0.29) is 6.04 Å². The predicted octanol–water partition coefficient (Wildman–Crippen LogP) is 3.82. The van der Waals surface area contributed by atoms with Gasteiger partial charge < -0.3 is 10.1 Å². The molecule has 0 heterocycles. The molecule has 112 valence electrons. The lowest BCUT2D eigenvalue weighted by atomic mass is 9.77. The zero-order chi connectivity index (χ0) is 14.5. The molecular formula is C16H23F2NO. The summed E-state index contributed by atoms with van der Waals surface area (Å²) < 4.78 is 32.4. The lowest BCUT2D eigenvalue weighted by Crippen LogP contribution is -2.35. The fourth-order valence-electron chi connectivity index (χ4n) is 2.92. The van der Waals surface area contributed by atoms with Gasteiger partial charge in [0.05, 0.1) is 6.10 Å². The van der Waals surface area contributed by atoms with Crippen molar-refractivity contribution in [3.05, 3.63) is 35.4 Å². The molecule has 0 aliphatic heterocycles. The van der Waals surface area contributed by atoms with Crippen LogP contribution in [-0.4, -0.2) is 19.3 Å². The van der Waals surface area contributed by atoms with Crippen molar-refractivity contribution in [1.82, 2.24) is 5.32 Å². The van der Waals surface area contributed by atoms with E-state index in [2.05, 4.69) is 5.32 Å². The molecule has 0 radical (unpaired) electrons. The molecule has 1 aliphatic carbocycles. The highest BCUT2D eigenvalue weighted by atomic mass is 19.1. The minimum atomic E-state index is -0.526. The summed E-state index contributed by atoms with van der Waals surface area (Å²) in [5.74, 6) is -0.432. The molecule has 0 aromatic heterocycles. The van der Waals surface area contributed by atoms with Gasteiger partial charge in [-0.2, -0.15) is 0 Å². The van der Waals surface area contributed by atoms with Gasteiger partial charge in [-0.1, -0.05) is 13.0 Å². The van der Waals surface area contributed by atoms with Crippen LogP contribution in [0.15, 0.2) is 18.2 Å². The molecule has 0 bridgehead atoms. The monoisotopic (exact) mass is 283 g/mol. The van der Waals surface area contributed by atoms with Gasteiger partial charge in [0.25, 0.3) is 0 Å². The quantitative estimate of drug-likeness (QED) is 0.821. The van der Waals surface area contributed by atoms with Gasteiger partial charge in [-0.3, -0.25) is 0 Å². The molecule has 1 unspecified atom stereocenters. The van der Waals surface area contributed by atoms with E-state index < -0.39 is 11.6 Å². The van der Waals surface area contributed by atoms with E-state index in [4.69, 9.17) is 4.74 Å². The maximum Gasteiger partial charge on any atom is 0.130 e. The standard InChI is InChI=1S/C16H23F2NO/c1-3-19-16(9-11-7-13(8-11)20-4-2)14-6-5-12(17)10-15(14)18/h5-6,10-11,13,16,19H,3-4,7-9H2,1-2H3. The van der Waals surface area contributed by atoms with Crippen LogP contribution in [0, 0.1) is 17.6 Å². The van der Waals surface area contributed by atoms with Crippen molar-refractivity contribution < 1.29 is 13.5 Å². The van der Waals surface area contributed by atoms with Crippen LogP contribution in [0.1, 0.15) is 44.7 Å². The molecule has 1 atom stereocenters. The number of halogens is 2. The summed E-state index contributed by atoms with van der Waals surface area (Å²) in [5.41, 5.74) is 0.563. The zero-order valence-corrected chi connectivity index (χ0v) is 12.2. The summed E-state index contributed by atoms with van der Waals surface area (Å²) in [6, 6.07) is 3.79. The normalized spacial score (nSPS) is 23.4. The summed E-state index contributed by atoms with van der Waals surface area (Å²) in [5, 5.41) is 3.30. The lowest BCUT2D eigenvalue weighted by Gasteiger charge is -2.37. The fraction of sp³-hybridized carbons (Fsp3) is 0.625. The van der Waals surface area contributed by atoms with Crippen molar-refractivity contribution in [1.29, 1.82) is 0 Å². The Kier molecular flexibility index (Phi) is 5.49. The zero-order valence-electron chi connectivity index (χ0n) is 12.2. The van der Waals surface area contributed by atoms with Crippen LogP contribution in [0.2, 0.25) is 0 Å². The second-order valence-corrected chi connectivity index (χ2v) is 5.43. The molecule has 20 heavy (non-hydrogen) atoms. The third-order valence-corrected chi connectivity index (χ3v) is 3.95. The largest absolute Gasteiger partial charge is 0.378 e.